The molecule has 0 saturated carbocycles. The number of nitrogens with two attached hydrogens (primary N) is 1. The van der Waals surface area contributed by atoms with Gasteiger partial charge in [-0.15, -0.1) is 6.58 Å². The van der Waals surface area contributed by atoms with Crippen LogP contribution in [0.1, 0.15) is 11.1 Å². The summed E-state index contributed by atoms with van der Waals surface area (Å²) >= 11 is 0. The number of phenols is 1. The molecule has 0 bridgehead atoms. The smallest absolute Gasteiger partial charge is 0.332 e. The lowest BCUT2D eigenvalue weighted by Gasteiger charge is -2.46. The van der Waals surface area contributed by atoms with Crippen molar-refractivity contribution in [2.75, 3.05) is 32.4 Å². The van der Waals surface area contributed by atoms with Gasteiger partial charge in [-0.05, 0) is 34.0 Å². The minimum absolute atomic E-state index is 0.0433. The molecule has 4 N–H and O–H groups in total. The number of fused-ring (bicyclic) bond motifs is 2. The quantitative estimate of drug-likeness (QED) is 0.246. The third-order valence-corrected chi connectivity index (χ3v) is 7.39. The topological polar surface area (TPSA) is 122 Å². The standard InChI is InChI=1S/C29H32N6O4/c1-3-13-33(29(39)31-2)34-18-27(37)35-24(15-19-11-12-25(36)23(30)14-19)28(38)32(17-26(34)35)16-21-9-6-8-20-7-4-5-10-22(20)21/h3-12,14,24,26,36H,1,13,15-18,30H2,2H3,(H,31,39)/t24-,26+/m0/s1. The molecule has 3 aromatic carbocycles. The van der Waals surface area contributed by atoms with Crippen LogP contribution in [0.2, 0.25) is 0 Å². The number of carbonyl (C=O) groups is 3. The zero-order valence-electron chi connectivity index (χ0n) is 21.8. The number of rotatable bonds is 7. The Hall–Kier alpha value is -4.57. The molecule has 2 saturated heterocycles. The summed E-state index contributed by atoms with van der Waals surface area (Å²) in [6.45, 7) is 4.50. The molecule has 0 radical (unpaired) electrons. The number of urea groups is 1. The van der Waals surface area contributed by atoms with Crippen molar-refractivity contribution in [1.29, 1.82) is 0 Å². The number of hydrazine groups is 1. The highest BCUT2D eigenvalue weighted by Gasteiger charge is 2.52. The number of anilines is 1. The molecule has 10 heteroatoms. The van der Waals surface area contributed by atoms with Crippen molar-refractivity contribution in [3.63, 3.8) is 0 Å². The molecule has 0 unspecified atom stereocenters. The number of piperazine rings is 1. The number of hydrogen-bond donors (Lipinski definition) is 3. The van der Waals surface area contributed by atoms with Crippen molar-refractivity contribution in [3.8, 4) is 5.75 Å². The van der Waals surface area contributed by atoms with E-state index in [1.807, 2.05) is 42.5 Å². The Morgan fingerprint density at radius 2 is 1.95 bits per heavy atom. The minimum atomic E-state index is -0.810. The Bertz CT molecular complexity index is 1440. The van der Waals surface area contributed by atoms with Gasteiger partial charge in [-0.1, -0.05) is 54.6 Å². The first-order chi connectivity index (χ1) is 18.8. The van der Waals surface area contributed by atoms with Crippen LogP contribution in [0.25, 0.3) is 10.8 Å². The summed E-state index contributed by atoms with van der Waals surface area (Å²) in [5.74, 6) is -0.470. The Balaban J connectivity index is 1.53. The van der Waals surface area contributed by atoms with E-state index in [1.54, 1.807) is 33.0 Å². The van der Waals surface area contributed by atoms with Crippen LogP contribution in [0.15, 0.2) is 73.3 Å². The highest BCUT2D eigenvalue weighted by Crippen LogP contribution is 2.32. The number of hydrogen-bond acceptors (Lipinski definition) is 6. The molecule has 2 heterocycles. The summed E-state index contributed by atoms with van der Waals surface area (Å²) < 4.78 is 0. The van der Waals surface area contributed by atoms with E-state index in [9.17, 15) is 19.5 Å². The second kappa shape index (κ2) is 10.7. The maximum absolute atomic E-state index is 14.0. The predicted octanol–water partition coefficient (Wildman–Crippen LogP) is 2.29. The van der Waals surface area contributed by atoms with Gasteiger partial charge in [0.05, 0.1) is 25.3 Å². The fraction of sp³-hybridized carbons (Fsp3) is 0.276. The maximum atomic E-state index is 14.0. The molecule has 39 heavy (non-hydrogen) atoms. The number of carbonyl (C=O) groups excluding carboxylic acids is 3. The fourth-order valence-corrected chi connectivity index (χ4v) is 5.54. The van der Waals surface area contributed by atoms with Crippen LogP contribution in [0.4, 0.5) is 10.5 Å². The highest BCUT2D eigenvalue weighted by molar-refractivity contribution is 5.92. The first-order valence-corrected chi connectivity index (χ1v) is 12.8. The van der Waals surface area contributed by atoms with E-state index in [2.05, 4.69) is 11.9 Å². The molecule has 2 atom stereocenters. The first kappa shape index (κ1) is 26.1. The van der Waals surface area contributed by atoms with Gasteiger partial charge >= 0.3 is 6.03 Å². The molecule has 2 aliphatic rings. The van der Waals surface area contributed by atoms with E-state index < -0.39 is 12.2 Å². The van der Waals surface area contributed by atoms with Gasteiger partial charge in [0.25, 0.3) is 0 Å². The van der Waals surface area contributed by atoms with Crippen LogP contribution in [0.5, 0.6) is 5.75 Å². The average Bonchev–Trinajstić information content (AvgIpc) is 3.26. The Morgan fingerprint density at radius 1 is 1.18 bits per heavy atom. The van der Waals surface area contributed by atoms with E-state index in [-0.39, 0.29) is 55.3 Å². The van der Waals surface area contributed by atoms with Crippen molar-refractivity contribution >= 4 is 34.3 Å². The summed E-state index contributed by atoms with van der Waals surface area (Å²) in [6, 6.07) is 17.6. The van der Waals surface area contributed by atoms with Crippen LogP contribution in [-0.2, 0) is 22.6 Å². The van der Waals surface area contributed by atoms with Gasteiger partial charge in [-0.25, -0.2) is 4.79 Å². The van der Waals surface area contributed by atoms with Crippen molar-refractivity contribution < 1.29 is 19.5 Å². The molecular formula is C29H32N6O4. The molecule has 202 valence electrons. The van der Waals surface area contributed by atoms with Crippen molar-refractivity contribution in [2.24, 2.45) is 0 Å². The summed E-state index contributed by atoms with van der Waals surface area (Å²) in [6.07, 6.45) is 1.26. The third-order valence-electron chi connectivity index (χ3n) is 7.39. The zero-order valence-corrected chi connectivity index (χ0v) is 21.8. The molecule has 2 fully saturated rings. The monoisotopic (exact) mass is 528 g/mol. The zero-order chi connectivity index (χ0) is 27.7. The van der Waals surface area contributed by atoms with Crippen molar-refractivity contribution in [1.82, 2.24) is 25.1 Å². The summed E-state index contributed by atoms with van der Waals surface area (Å²) in [4.78, 5) is 43.6. The van der Waals surface area contributed by atoms with Crippen LogP contribution in [-0.4, -0.2) is 81.7 Å². The van der Waals surface area contributed by atoms with E-state index in [1.165, 1.54) is 18.1 Å². The lowest BCUT2D eigenvalue weighted by Crippen LogP contribution is -2.65. The number of benzene rings is 3. The first-order valence-electron chi connectivity index (χ1n) is 12.8. The normalized spacial score (nSPS) is 19.3. The highest BCUT2D eigenvalue weighted by atomic mass is 16.3. The molecule has 5 rings (SSSR count). The number of phenolic OH excluding ortho intramolecular Hbond substituents is 1. The lowest BCUT2D eigenvalue weighted by molar-refractivity contribution is -0.157. The molecule has 3 aromatic rings. The predicted molar refractivity (Wildman–Crippen MR) is 148 cm³/mol. The number of nitrogens with one attached hydrogen (secondary N) is 1. The Labute approximate surface area is 226 Å². The van der Waals surface area contributed by atoms with E-state index in [4.69, 9.17) is 5.73 Å². The molecule has 0 spiro atoms. The average molecular weight is 529 g/mol. The molecule has 0 aromatic heterocycles. The number of aromatic hydroxyl groups is 1. The number of amides is 4. The Kier molecular flexibility index (Phi) is 7.12. The minimum Gasteiger partial charge on any atom is -0.506 e. The van der Waals surface area contributed by atoms with Crippen molar-refractivity contribution in [3.05, 3.63) is 84.4 Å². The molecule has 0 aliphatic carbocycles. The number of nitrogens with zero attached hydrogens (tertiary/aromatic N) is 4. The van der Waals surface area contributed by atoms with Crippen LogP contribution in [0, 0.1) is 0 Å². The van der Waals surface area contributed by atoms with Crippen LogP contribution < -0.4 is 11.1 Å². The van der Waals surface area contributed by atoms with E-state index in [0.717, 1.165) is 21.9 Å². The molecule has 2 aliphatic heterocycles. The van der Waals surface area contributed by atoms with Gasteiger partial charge in [0.1, 0.15) is 18.0 Å². The fourth-order valence-electron chi connectivity index (χ4n) is 5.54. The summed E-state index contributed by atoms with van der Waals surface area (Å²) in [7, 11) is 1.53. The number of nitrogen functional groups attached to an aromatic ring is 1. The van der Waals surface area contributed by atoms with Gasteiger partial charge < -0.3 is 26.0 Å². The van der Waals surface area contributed by atoms with Crippen LogP contribution >= 0.6 is 0 Å². The van der Waals surface area contributed by atoms with Gasteiger partial charge in [0.15, 0.2) is 0 Å². The van der Waals surface area contributed by atoms with Crippen molar-refractivity contribution in [2.45, 2.75) is 25.2 Å². The summed E-state index contributed by atoms with van der Waals surface area (Å²) in [5.41, 5.74) is 7.84. The molecule has 4 amide bonds. The largest absolute Gasteiger partial charge is 0.506 e. The lowest BCUT2D eigenvalue weighted by atomic mass is 9.98. The van der Waals surface area contributed by atoms with Crippen LogP contribution in [0.3, 0.4) is 0 Å². The van der Waals surface area contributed by atoms with E-state index >= 15 is 0 Å². The van der Waals surface area contributed by atoms with Gasteiger partial charge in [-0.2, -0.15) is 5.01 Å². The van der Waals surface area contributed by atoms with E-state index in [0.29, 0.717) is 6.54 Å². The second-order valence-electron chi connectivity index (χ2n) is 9.78. The van der Waals surface area contributed by atoms with Gasteiger partial charge in [-0.3, -0.25) is 14.6 Å². The second-order valence-corrected chi connectivity index (χ2v) is 9.78. The van der Waals surface area contributed by atoms with Gasteiger partial charge in [0, 0.05) is 20.0 Å². The SMILES string of the molecule is C=CCN(C(=O)NC)N1CC(=O)N2[C@@H](Cc3ccc(O)c(N)c3)C(=O)N(Cc3cccc4ccccc34)C[C@@H]21. The molecule has 10 nitrogen and oxygen atoms in total. The van der Waals surface area contributed by atoms with Gasteiger partial charge in [0.2, 0.25) is 11.8 Å². The maximum Gasteiger partial charge on any atom is 0.332 e. The third kappa shape index (κ3) is 4.86. The summed E-state index contributed by atoms with van der Waals surface area (Å²) in [5, 5.41) is 17.8. The Morgan fingerprint density at radius 3 is 2.69 bits per heavy atom. The molecular weight excluding hydrogens is 496 g/mol.